The maximum absolute atomic E-state index is 5.43. The summed E-state index contributed by atoms with van der Waals surface area (Å²) < 4.78 is 10.7. The summed E-state index contributed by atoms with van der Waals surface area (Å²) in [5.41, 5.74) is 0. The van der Waals surface area contributed by atoms with Crippen molar-refractivity contribution in [3.8, 4) is 0 Å². The second-order valence-corrected chi connectivity index (χ2v) is 5.49. The highest BCUT2D eigenvalue weighted by Crippen LogP contribution is 2.19. The molecule has 114 valence electrons. The molecular weight excluding hydrogens is 240 g/mol. The van der Waals surface area contributed by atoms with E-state index in [0.717, 1.165) is 32.3 Å². The first kappa shape index (κ1) is 16.9. The van der Waals surface area contributed by atoms with Crippen LogP contribution in [-0.4, -0.2) is 63.5 Å². The van der Waals surface area contributed by atoms with Crippen molar-refractivity contribution in [1.29, 1.82) is 0 Å². The van der Waals surface area contributed by atoms with Crippen LogP contribution in [0.4, 0.5) is 0 Å². The van der Waals surface area contributed by atoms with Gasteiger partial charge in [0.1, 0.15) is 0 Å². The SMILES string of the molecule is CCC(CC)N(CCOC)C(CNC1CC1)COC. The Morgan fingerprint density at radius 3 is 2.26 bits per heavy atom. The Bertz CT molecular complexity index is 218. The molecular formula is C15H32N2O2. The zero-order valence-corrected chi connectivity index (χ0v) is 13.2. The van der Waals surface area contributed by atoms with E-state index in [4.69, 9.17) is 9.47 Å². The molecule has 1 unspecified atom stereocenters. The van der Waals surface area contributed by atoms with Crippen molar-refractivity contribution in [2.75, 3.05) is 40.5 Å². The lowest BCUT2D eigenvalue weighted by atomic mass is 10.1. The fourth-order valence-electron chi connectivity index (χ4n) is 2.67. The van der Waals surface area contributed by atoms with Crippen LogP contribution in [0.2, 0.25) is 0 Å². The monoisotopic (exact) mass is 272 g/mol. The van der Waals surface area contributed by atoms with Gasteiger partial charge in [-0.05, 0) is 25.7 Å². The Balaban J connectivity index is 2.56. The molecule has 1 fully saturated rings. The smallest absolute Gasteiger partial charge is 0.0630 e. The van der Waals surface area contributed by atoms with E-state index in [2.05, 4.69) is 24.1 Å². The molecule has 0 aromatic heterocycles. The molecule has 0 bridgehead atoms. The topological polar surface area (TPSA) is 33.7 Å². The summed E-state index contributed by atoms with van der Waals surface area (Å²) in [5, 5.41) is 3.64. The average Bonchev–Trinajstić information content (AvgIpc) is 3.24. The number of methoxy groups -OCH3 is 2. The van der Waals surface area contributed by atoms with E-state index in [1.54, 1.807) is 14.2 Å². The van der Waals surface area contributed by atoms with Crippen LogP contribution in [0, 0.1) is 0 Å². The minimum absolute atomic E-state index is 0.450. The van der Waals surface area contributed by atoms with E-state index in [-0.39, 0.29) is 0 Å². The molecule has 0 aromatic rings. The predicted molar refractivity (Wildman–Crippen MR) is 79.6 cm³/mol. The maximum Gasteiger partial charge on any atom is 0.0630 e. The molecule has 19 heavy (non-hydrogen) atoms. The van der Waals surface area contributed by atoms with Gasteiger partial charge >= 0.3 is 0 Å². The summed E-state index contributed by atoms with van der Waals surface area (Å²) in [7, 11) is 3.57. The van der Waals surface area contributed by atoms with Gasteiger partial charge in [-0.25, -0.2) is 0 Å². The molecule has 1 N–H and O–H groups in total. The predicted octanol–water partition coefficient (Wildman–Crippen LogP) is 1.89. The van der Waals surface area contributed by atoms with Crippen molar-refractivity contribution in [2.24, 2.45) is 0 Å². The molecule has 0 aromatic carbocycles. The fraction of sp³-hybridized carbons (Fsp3) is 1.00. The van der Waals surface area contributed by atoms with Gasteiger partial charge in [-0.2, -0.15) is 0 Å². The molecule has 1 rings (SSSR count). The molecule has 1 aliphatic carbocycles. The second kappa shape index (κ2) is 9.70. The standard InChI is InChI=1S/C15H32N2O2/c1-5-14(6-2)17(9-10-18-3)15(12-19-4)11-16-13-7-8-13/h13-16H,5-12H2,1-4H3. The van der Waals surface area contributed by atoms with Crippen molar-refractivity contribution < 1.29 is 9.47 Å². The number of nitrogens with zero attached hydrogens (tertiary/aromatic N) is 1. The van der Waals surface area contributed by atoms with Crippen molar-refractivity contribution in [3.05, 3.63) is 0 Å². The maximum atomic E-state index is 5.43. The molecule has 4 nitrogen and oxygen atoms in total. The van der Waals surface area contributed by atoms with E-state index < -0.39 is 0 Å². The van der Waals surface area contributed by atoms with Gasteiger partial charge in [0.2, 0.25) is 0 Å². The van der Waals surface area contributed by atoms with E-state index in [0.29, 0.717) is 12.1 Å². The molecule has 0 amide bonds. The zero-order chi connectivity index (χ0) is 14.1. The number of ether oxygens (including phenoxy) is 2. The van der Waals surface area contributed by atoms with Gasteiger partial charge in [-0.15, -0.1) is 0 Å². The Labute approximate surface area is 118 Å². The third kappa shape index (κ3) is 6.21. The fourth-order valence-corrected chi connectivity index (χ4v) is 2.67. The first-order valence-electron chi connectivity index (χ1n) is 7.73. The number of hydrogen-bond acceptors (Lipinski definition) is 4. The molecule has 0 heterocycles. The average molecular weight is 272 g/mol. The van der Waals surface area contributed by atoms with Crippen LogP contribution in [0.3, 0.4) is 0 Å². The summed E-state index contributed by atoms with van der Waals surface area (Å²) in [6, 6.07) is 1.83. The lowest BCUT2D eigenvalue weighted by Crippen LogP contribution is -2.51. The van der Waals surface area contributed by atoms with Gasteiger partial charge in [0.15, 0.2) is 0 Å². The lowest BCUT2D eigenvalue weighted by molar-refractivity contribution is 0.0365. The van der Waals surface area contributed by atoms with Gasteiger partial charge in [0.25, 0.3) is 0 Å². The van der Waals surface area contributed by atoms with Crippen LogP contribution >= 0.6 is 0 Å². The van der Waals surface area contributed by atoms with E-state index >= 15 is 0 Å². The Morgan fingerprint density at radius 2 is 1.79 bits per heavy atom. The minimum atomic E-state index is 0.450. The van der Waals surface area contributed by atoms with Crippen molar-refractivity contribution in [1.82, 2.24) is 10.2 Å². The largest absolute Gasteiger partial charge is 0.383 e. The van der Waals surface area contributed by atoms with E-state index in [1.165, 1.54) is 25.7 Å². The highest BCUT2D eigenvalue weighted by atomic mass is 16.5. The Kier molecular flexibility index (Phi) is 8.62. The van der Waals surface area contributed by atoms with Crippen molar-refractivity contribution in [3.63, 3.8) is 0 Å². The van der Waals surface area contributed by atoms with Crippen LogP contribution in [-0.2, 0) is 9.47 Å². The summed E-state index contributed by atoms with van der Waals surface area (Å²) in [5.74, 6) is 0. The summed E-state index contributed by atoms with van der Waals surface area (Å²) in [6.45, 7) is 8.14. The third-order valence-corrected chi connectivity index (χ3v) is 4.01. The van der Waals surface area contributed by atoms with Gasteiger partial charge in [0, 0.05) is 45.4 Å². The molecule has 0 spiro atoms. The molecule has 1 aliphatic rings. The second-order valence-electron chi connectivity index (χ2n) is 5.49. The number of nitrogens with one attached hydrogen (secondary N) is 1. The molecule has 4 heteroatoms. The van der Waals surface area contributed by atoms with Crippen LogP contribution in [0.1, 0.15) is 39.5 Å². The molecule has 0 aliphatic heterocycles. The molecule has 0 saturated heterocycles. The minimum Gasteiger partial charge on any atom is -0.383 e. The summed E-state index contributed by atoms with van der Waals surface area (Å²) >= 11 is 0. The Morgan fingerprint density at radius 1 is 1.11 bits per heavy atom. The van der Waals surface area contributed by atoms with Crippen molar-refractivity contribution in [2.45, 2.75) is 57.7 Å². The highest BCUT2D eigenvalue weighted by Gasteiger charge is 2.27. The van der Waals surface area contributed by atoms with Crippen LogP contribution in [0.5, 0.6) is 0 Å². The number of rotatable bonds is 12. The first-order chi connectivity index (χ1) is 9.26. The van der Waals surface area contributed by atoms with Gasteiger partial charge in [0.05, 0.1) is 13.2 Å². The third-order valence-electron chi connectivity index (χ3n) is 4.01. The van der Waals surface area contributed by atoms with E-state index in [1.807, 2.05) is 0 Å². The van der Waals surface area contributed by atoms with Gasteiger partial charge in [-0.3, -0.25) is 4.90 Å². The Hall–Kier alpha value is -0.160. The molecule has 1 saturated carbocycles. The zero-order valence-electron chi connectivity index (χ0n) is 13.2. The van der Waals surface area contributed by atoms with E-state index in [9.17, 15) is 0 Å². The molecule has 1 atom stereocenters. The van der Waals surface area contributed by atoms with Crippen LogP contribution in [0.25, 0.3) is 0 Å². The van der Waals surface area contributed by atoms with Crippen LogP contribution < -0.4 is 5.32 Å². The first-order valence-corrected chi connectivity index (χ1v) is 7.73. The van der Waals surface area contributed by atoms with Gasteiger partial charge in [-0.1, -0.05) is 13.8 Å². The van der Waals surface area contributed by atoms with Crippen molar-refractivity contribution >= 4 is 0 Å². The van der Waals surface area contributed by atoms with Crippen LogP contribution in [0.15, 0.2) is 0 Å². The summed E-state index contributed by atoms with van der Waals surface area (Å²) in [6.07, 6.45) is 5.04. The highest BCUT2D eigenvalue weighted by molar-refractivity contribution is 4.86. The molecule has 0 radical (unpaired) electrons. The summed E-state index contributed by atoms with van der Waals surface area (Å²) in [4.78, 5) is 2.57. The van der Waals surface area contributed by atoms with Gasteiger partial charge < -0.3 is 14.8 Å². The lowest BCUT2D eigenvalue weighted by Gasteiger charge is -2.37. The number of hydrogen-bond donors (Lipinski definition) is 1. The normalized spacial score (nSPS) is 17.4. The quantitative estimate of drug-likeness (QED) is 0.588.